The largest absolute Gasteiger partial charge is 0.369 e. The zero-order valence-corrected chi connectivity index (χ0v) is 13.4. The molecule has 0 aliphatic carbocycles. The number of nitrogens with one attached hydrogen (secondary N) is 1. The van der Waals surface area contributed by atoms with Gasteiger partial charge in [0.2, 0.25) is 11.8 Å². The Morgan fingerprint density at radius 1 is 1.38 bits per heavy atom. The Balaban J connectivity index is 1.66. The van der Waals surface area contributed by atoms with Gasteiger partial charge in [-0.05, 0) is 12.5 Å². The first kappa shape index (κ1) is 16.2. The fourth-order valence-corrected chi connectivity index (χ4v) is 2.59. The van der Waals surface area contributed by atoms with Crippen LogP contribution in [0.3, 0.4) is 0 Å². The maximum atomic E-state index is 12.5. The molecule has 2 heterocycles. The third-order valence-electron chi connectivity index (χ3n) is 3.81. The molecule has 1 aliphatic heterocycles. The van der Waals surface area contributed by atoms with E-state index in [0.29, 0.717) is 12.3 Å². The van der Waals surface area contributed by atoms with Crippen molar-refractivity contribution in [1.82, 2.24) is 15.4 Å². The average Bonchev–Trinajstić information content (AvgIpc) is 3.01. The minimum absolute atomic E-state index is 0.00207. The van der Waals surface area contributed by atoms with Crippen LogP contribution in [0.25, 0.3) is 0 Å². The minimum atomic E-state index is -0.657. The normalized spacial score (nSPS) is 17.8. The molecule has 3 rings (SSSR count). The van der Waals surface area contributed by atoms with E-state index in [9.17, 15) is 9.59 Å². The van der Waals surface area contributed by atoms with Gasteiger partial charge in [-0.1, -0.05) is 35.5 Å². The molecule has 0 saturated carbocycles. The van der Waals surface area contributed by atoms with Crippen LogP contribution in [0.4, 0.5) is 0 Å². The van der Waals surface area contributed by atoms with Crippen molar-refractivity contribution >= 4 is 11.8 Å². The highest BCUT2D eigenvalue weighted by atomic mass is 16.5. The van der Waals surface area contributed by atoms with Crippen LogP contribution in [0.15, 0.2) is 40.9 Å². The third kappa shape index (κ3) is 3.80. The topological polar surface area (TPSA) is 84.7 Å². The number of benzene rings is 1. The first-order valence-corrected chi connectivity index (χ1v) is 7.74. The zero-order valence-electron chi connectivity index (χ0n) is 13.4. The second-order valence-electron chi connectivity index (χ2n) is 5.69. The summed E-state index contributed by atoms with van der Waals surface area (Å²) in [6.45, 7) is 2.59. The summed E-state index contributed by atoms with van der Waals surface area (Å²) < 4.78 is 10.3. The molecule has 24 heavy (non-hydrogen) atoms. The number of nitrogens with zero attached hydrogens (tertiary/aromatic N) is 2. The van der Waals surface area contributed by atoms with E-state index in [1.165, 1.54) is 0 Å². The third-order valence-corrected chi connectivity index (χ3v) is 3.81. The van der Waals surface area contributed by atoms with Crippen LogP contribution in [-0.4, -0.2) is 41.1 Å². The van der Waals surface area contributed by atoms with Gasteiger partial charge in [-0.2, -0.15) is 0 Å². The first-order valence-electron chi connectivity index (χ1n) is 7.74. The van der Waals surface area contributed by atoms with E-state index in [1.54, 1.807) is 11.0 Å². The zero-order chi connectivity index (χ0) is 16.9. The van der Waals surface area contributed by atoms with E-state index in [4.69, 9.17) is 9.26 Å². The van der Waals surface area contributed by atoms with Crippen molar-refractivity contribution in [3.05, 3.63) is 53.4 Å². The lowest BCUT2D eigenvalue weighted by atomic mass is 10.1. The van der Waals surface area contributed by atoms with Gasteiger partial charge in [-0.25, -0.2) is 0 Å². The van der Waals surface area contributed by atoms with Gasteiger partial charge in [0.15, 0.2) is 5.76 Å². The van der Waals surface area contributed by atoms with Crippen LogP contribution in [0.1, 0.15) is 17.0 Å². The van der Waals surface area contributed by atoms with E-state index >= 15 is 0 Å². The molecule has 1 saturated heterocycles. The smallest absolute Gasteiger partial charge is 0.249 e. The Morgan fingerprint density at radius 2 is 2.17 bits per heavy atom. The highest BCUT2D eigenvalue weighted by Crippen LogP contribution is 2.14. The van der Waals surface area contributed by atoms with Gasteiger partial charge in [0.25, 0.3) is 0 Å². The molecule has 0 radical (unpaired) electrons. The summed E-state index contributed by atoms with van der Waals surface area (Å²) >= 11 is 0. The number of aromatic nitrogens is 1. The molecule has 0 spiro atoms. The first-order chi connectivity index (χ1) is 11.6. The van der Waals surface area contributed by atoms with Crippen LogP contribution in [0.5, 0.6) is 0 Å². The Labute approximate surface area is 139 Å². The number of aryl methyl sites for hydroxylation is 1. The number of rotatable bonds is 5. The molecule has 1 aliphatic rings. The Hall–Kier alpha value is -2.67. The van der Waals surface area contributed by atoms with Crippen LogP contribution in [-0.2, 0) is 27.4 Å². The predicted molar refractivity (Wildman–Crippen MR) is 84.7 cm³/mol. The number of hydrogen-bond acceptors (Lipinski definition) is 5. The molecule has 1 fully saturated rings. The van der Waals surface area contributed by atoms with E-state index in [-0.39, 0.29) is 31.6 Å². The van der Waals surface area contributed by atoms with Gasteiger partial charge >= 0.3 is 0 Å². The Morgan fingerprint density at radius 3 is 2.88 bits per heavy atom. The molecule has 126 valence electrons. The summed E-state index contributed by atoms with van der Waals surface area (Å²) in [6.07, 6.45) is 0. The number of carbonyl (C=O) groups excluding carboxylic acids is 2. The van der Waals surface area contributed by atoms with Gasteiger partial charge in [-0.15, -0.1) is 0 Å². The molecule has 2 aromatic rings. The molecule has 7 heteroatoms. The lowest BCUT2D eigenvalue weighted by Gasteiger charge is -2.34. The van der Waals surface area contributed by atoms with Crippen molar-refractivity contribution in [3.8, 4) is 0 Å². The molecule has 1 aromatic carbocycles. The molecule has 1 aromatic heterocycles. The SMILES string of the molecule is Cc1cc(CNC(=O)C2COCC(=O)N2Cc2ccccc2)on1. The maximum absolute atomic E-state index is 12.5. The van der Waals surface area contributed by atoms with Crippen molar-refractivity contribution in [2.45, 2.75) is 26.1 Å². The summed E-state index contributed by atoms with van der Waals surface area (Å²) in [7, 11) is 0. The fourth-order valence-electron chi connectivity index (χ4n) is 2.59. The van der Waals surface area contributed by atoms with Crippen molar-refractivity contribution in [1.29, 1.82) is 0 Å². The van der Waals surface area contributed by atoms with E-state index in [2.05, 4.69) is 10.5 Å². The summed E-state index contributed by atoms with van der Waals surface area (Å²) in [5, 5.41) is 6.55. The van der Waals surface area contributed by atoms with E-state index < -0.39 is 6.04 Å². The maximum Gasteiger partial charge on any atom is 0.249 e. The highest BCUT2D eigenvalue weighted by molar-refractivity contribution is 5.89. The summed E-state index contributed by atoms with van der Waals surface area (Å²) in [5.41, 5.74) is 1.72. The number of ether oxygens (including phenoxy) is 1. The van der Waals surface area contributed by atoms with Crippen molar-refractivity contribution in [2.75, 3.05) is 13.2 Å². The van der Waals surface area contributed by atoms with Gasteiger partial charge in [0.05, 0.1) is 18.8 Å². The molecule has 1 unspecified atom stereocenters. The highest BCUT2D eigenvalue weighted by Gasteiger charge is 2.34. The average molecular weight is 329 g/mol. The molecule has 0 bridgehead atoms. The monoisotopic (exact) mass is 329 g/mol. The number of amides is 2. The van der Waals surface area contributed by atoms with Gasteiger partial charge in [0.1, 0.15) is 12.6 Å². The summed E-state index contributed by atoms with van der Waals surface area (Å²) in [4.78, 5) is 26.2. The Kier molecular flexibility index (Phi) is 4.90. The van der Waals surface area contributed by atoms with Crippen molar-refractivity contribution < 1.29 is 18.8 Å². The molecule has 7 nitrogen and oxygen atoms in total. The van der Waals surface area contributed by atoms with Crippen LogP contribution >= 0.6 is 0 Å². The van der Waals surface area contributed by atoms with Crippen molar-refractivity contribution in [2.24, 2.45) is 0 Å². The van der Waals surface area contributed by atoms with Crippen molar-refractivity contribution in [3.63, 3.8) is 0 Å². The molecule has 1 N–H and O–H groups in total. The second-order valence-corrected chi connectivity index (χ2v) is 5.69. The molecule has 1 atom stereocenters. The van der Waals surface area contributed by atoms with Crippen LogP contribution in [0.2, 0.25) is 0 Å². The summed E-state index contributed by atoms with van der Waals surface area (Å²) in [6, 6.07) is 10.7. The number of morpholine rings is 1. The van der Waals surface area contributed by atoms with E-state index in [0.717, 1.165) is 11.3 Å². The predicted octanol–water partition coefficient (Wildman–Crippen LogP) is 1.03. The standard InChI is InChI=1S/C17H19N3O4/c1-12-7-14(24-19-12)8-18-17(22)15-10-23-11-16(21)20(15)9-13-5-3-2-4-6-13/h2-7,15H,8-11H2,1H3,(H,18,22). The van der Waals surface area contributed by atoms with Gasteiger partial charge in [-0.3, -0.25) is 9.59 Å². The quantitative estimate of drug-likeness (QED) is 0.885. The van der Waals surface area contributed by atoms with Gasteiger partial charge < -0.3 is 19.5 Å². The molecule has 2 amide bonds. The van der Waals surface area contributed by atoms with Crippen LogP contribution in [0, 0.1) is 6.92 Å². The lowest BCUT2D eigenvalue weighted by molar-refractivity contribution is -0.155. The Bertz CT molecular complexity index is 714. The molecular weight excluding hydrogens is 310 g/mol. The summed E-state index contributed by atoms with van der Waals surface area (Å²) in [5.74, 6) is 0.104. The second kappa shape index (κ2) is 7.27. The number of carbonyl (C=O) groups is 2. The number of hydrogen-bond donors (Lipinski definition) is 1. The minimum Gasteiger partial charge on any atom is -0.369 e. The lowest BCUT2D eigenvalue weighted by Crippen LogP contribution is -2.55. The van der Waals surface area contributed by atoms with Gasteiger partial charge in [0, 0.05) is 12.6 Å². The van der Waals surface area contributed by atoms with Crippen LogP contribution < -0.4 is 5.32 Å². The molecular formula is C17H19N3O4. The fraction of sp³-hybridized carbons (Fsp3) is 0.353. The van der Waals surface area contributed by atoms with E-state index in [1.807, 2.05) is 37.3 Å².